The van der Waals surface area contributed by atoms with Gasteiger partial charge < -0.3 is 20.1 Å². The molecule has 3 aliphatic heterocycles. The smallest absolute Gasteiger partial charge is 0.344 e. The third kappa shape index (κ3) is 4.33. The van der Waals surface area contributed by atoms with E-state index in [9.17, 15) is 19.2 Å². The predicted octanol–water partition coefficient (Wildman–Crippen LogP) is 0.818. The van der Waals surface area contributed by atoms with Gasteiger partial charge in [-0.05, 0) is 51.4 Å². The van der Waals surface area contributed by atoms with Crippen molar-refractivity contribution in [1.29, 1.82) is 0 Å². The monoisotopic (exact) mass is 445 g/mol. The lowest BCUT2D eigenvalue weighted by atomic mass is 9.96. The van der Waals surface area contributed by atoms with Crippen molar-refractivity contribution in [2.45, 2.75) is 38.6 Å². The fourth-order valence-electron chi connectivity index (χ4n) is 3.96. The second kappa shape index (κ2) is 8.65. The van der Waals surface area contributed by atoms with Gasteiger partial charge in [0.05, 0.1) is 6.54 Å². The highest BCUT2D eigenvalue weighted by Crippen LogP contribution is 2.34. The Morgan fingerprint density at radius 2 is 1.91 bits per heavy atom. The number of piperidine rings is 1. The molecule has 2 saturated heterocycles. The summed E-state index contributed by atoms with van der Waals surface area (Å²) in [6, 6.07) is 4.63. The summed E-state index contributed by atoms with van der Waals surface area (Å²) >= 11 is 0. The lowest BCUT2D eigenvalue weighted by Gasteiger charge is -2.31. The molecule has 3 N–H and O–H groups in total. The van der Waals surface area contributed by atoms with Crippen LogP contribution in [0.15, 0.2) is 18.2 Å². The van der Waals surface area contributed by atoms with Crippen LogP contribution in [0.2, 0.25) is 0 Å². The molecule has 0 bridgehead atoms. The number of likely N-dealkylation sites (tertiary alicyclic amines) is 1. The van der Waals surface area contributed by atoms with Crippen LogP contribution in [0.1, 0.15) is 33.1 Å². The van der Waals surface area contributed by atoms with Gasteiger partial charge in [-0.15, -0.1) is 0 Å². The maximum atomic E-state index is 12.6. The number of ether oxygens (including phenoxy) is 2. The number of nitrogens with zero attached hydrogens (tertiary/aromatic N) is 2. The van der Waals surface area contributed by atoms with Crippen molar-refractivity contribution in [2.24, 2.45) is 5.92 Å². The van der Waals surface area contributed by atoms with Crippen LogP contribution >= 0.6 is 0 Å². The summed E-state index contributed by atoms with van der Waals surface area (Å²) < 4.78 is 10.6. The first kappa shape index (κ1) is 21.9. The van der Waals surface area contributed by atoms with E-state index in [4.69, 9.17) is 9.47 Å². The molecule has 1 aromatic carbocycles. The average molecular weight is 445 g/mol. The van der Waals surface area contributed by atoms with Crippen molar-refractivity contribution in [1.82, 2.24) is 20.7 Å². The third-order valence-electron chi connectivity index (χ3n) is 6.17. The number of nitrogens with one attached hydrogen (secondary N) is 3. The minimum atomic E-state index is -1.01. The van der Waals surface area contributed by atoms with Gasteiger partial charge in [0.15, 0.2) is 11.5 Å². The Labute approximate surface area is 185 Å². The van der Waals surface area contributed by atoms with E-state index in [0.717, 1.165) is 5.01 Å². The van der Waals surface area contributed by atoms with Crippen molar-refractivity contribution in [2.75, 3.05) is 31.7 Å². The zero-order valence-corrected chi connectivity index (χ0v) is 18.1. The highest BCUT2D eigenvalue weighted by atomic mass is 16.7. The number of hydrazine groups is 1. The van der Waals surface area contributed by atoms with E-state index < -0.39 is 23.4 Å². The average Bonchev–Trinajstić information content (AvgIpc) is 3.32. The van der Waals surface area contributed by atoms with Crippen LogP contribution < -0.4 is 25.5 Å². The molecule has 11 heteroatoms. The van der Waals surface area contributed by atoms with E-state index >= 15 is 0 Å². The number of benzene rings is 1. The van der Waals surface area contributed by atoms with Crippen molar-refractivity contribution < 1.29 is 28.7 Å². The molecule has 0 spiro atoms. The minimum absolute atomic E-state index is 0.0381. The van der Waals surface area contributed by atoms with Crippen molar-refractivity contribution in [3.8, 4) is 11.5 Å². The summed E-state index contributed by atoms with van der Waals surface area (Å²) in [7, 11) is 0. The number of fused-ring (bicyclic) bond motifs is 1. The van der Waals surface area contributed by atoms with Crippen LogP contribution in [0.25, 0.3) is 0 Å². The van der Waals surface area contributed by atoms with Gasteiger partial charge in [-0.3, -0.25) is 24.7 Å². The molecule has 0 saturated carbocycles. The highest BCUT2D eigenvalue weighted by molar-refractivity contribution is 6.07. The second-order valence-electron chi connectivity index (χ2n) is 8.40. The zero-order valence-electron chi connectivity index (χ0n) is 18.1. The Morgan fingerprint density at radius 3 is 2.59 bits per heavy atom. The molecule has 1 atom stereocenters. The number of urea groups is 1. The first-order valence-electron chi connectivity index (χ1n) is 10.7. The summed E-state index contributed by atoms with van der Waals surface area (Å²) in [5, 5.41) is 6.25. The molecule has 0 unspecified atom stereocenters. The van der Waals surface area contributed by atoms with E-state index in [2.05, 4.69) is 16.1 Å². The van der Waals surface area contributed by atoms with Crippen LogP contribution in [0.3, 0.4) is 0 Å². The fourth-order valence-corrected chi connectivity index (χ4v) is 3.96. The first-order valence-corrected chi connectivity index (χ1v) is 10.7. The molecule has 32 heavy (non-hydrogen) atoms. The topological polar surface area (TPSA) is 129 Å². The van der Waals surface area contributed by atoms with Gasteiger partial charge in [0, 0.05) is 17.7 Å². The highest BCUT2D eigenvalue weighted by Gasteiger charge is 2.47. The minimum Gasteiger partial charge on any atom is -0.454 e. The van der Waals surface area contributed by atoms with Gasteiger partial charge in [-0.2, -0.15) is 5.01 Å². The fraction of sp³-hybridized carbons (Fsp3) is 0.524. The number of amides is 5. The van der Waals surface area contributed by atoms with E-state index in [0.29, 0.717) is 49.5 Å². The summed E-state index contributed by atoms with van der Waals surface area (Å²) in [5.74, 6) is 0.0894. The van der Waals surface area contributed by atoms with Gasteiger partial charge in [0.25, 0.3) is 11.8 Å². The quantitative estimate of drug-likeness (QED) is 0.553. The van der Waals surface area contributed by atoms with Crippen LogP contribution in [-0.4, -0.2) is 65.6 Å². The number of hydrogen-bond acceptors (Lipinski definition) is 7. The van der Waals surface area contributed by atoms with Gasteiger partial charge >= 0.3 is 6.03 Å². The Bertz CT molecular complexity index is 945. The maximum absolute atomic E-state index is 12.6. The summed E-state index contributed by atoms with van der Waals surface area (Å²) in [4.78, 5) is 51.3. The summed E-state index contributed by atoms with van der Waals surface area (Å²) in [5.41, 5.74) is 2.03. The molecule has 3 aliphatic rings. The van der Waals surface area contributed by atoms with E-state index in [-0.39, 0.29) is 25.2 Å². The van der Waals surface area contributed by atoms with Crippen LogP contribution in [0.5, 0.6) is 11.5 Å². The molecule has 0 radical (unpaired) electrons. The van der Waals surface area contributed by atoms with Crippen LogP contribution in [0, 0.1) is 5.92 Å². The van der Waals surface area contributed by atoms with Gasteiger partial charge in [-0.1, -0.05) is 6.92 Å². The van der Waals surface area contributed by atoms with Crippen molar-refractivity contribution in [3.05, 3.63) is 18.2 Å². The van der Waals surface area contributed by atoms with Crippen molar-refractivity contribution >= 4 is 29.4 Å². The summed E-state index contributed by atoms with van der Waals surface area (Å²) in [6.07, 6.45) is 1.62. The standard InChI is InChI=1S/C21H27N5O6/c1-3-21(2)19(29)26(20(30)23-21)24-17(27)11-25-8-6-13(7-9-25)18(28)22-14-4-5-15-16(10-14)32-12-31-15/h4-5,10,13H,3,6-9,11-12H2,1-2H3,(H,22,28)(H,23,30)(H,24,27)/t21-/m0/s1. The predicted molar refractivity (Wildman–Crippen MR) is 113 cm³/mol. The lowest BCUT2D eigenvalue weighted by molar-refractivity contribution is -0.139. The largest absolute Gasteiger partial charge is 0.454 e. The van der Waals surface area contributed by atoms with Gasteiger partial charge in [0.1, 0.15) is 5.54 Å². The molecule has 5 amide bonds. The van der Waals surface area contributed by atoms with Crippen molar-refractivity contribution in [3.63, 3.8) is 0 Å². The number of carbonyl (C=O) groups excluding carboxylic acids is 4. The number of hydrogen-bond donors (Lipinski definition) is 3. The Morgan fingerprint density at radius 1 is 1.19 bits per heavy atom. The molecule has 0 aromatic heterocycles. The maximum Gasteiger partial charge on any atom is 0.344 e. The Hall–Kier alpha value is -3.34. The molecule has 4 rings (SSSR count). The van der Waals surface area contributed by atoms with Gasteiger partial charge in [-0.25, -0.2) is 4.79 Å². The molecule has 11 nitrogen and oxygen atoms in total. The first-order chi connectivity index (χ1) is 15.3. The molecular formula is C21H27N5O6. The number of imide groups is 1. The van der Waals surface area contributed by atoms with E-state index in [1.165, 1.54) is 0 Å². The molecule has 1 aromatic rings. The number of anilines is 1. The van der Waals surface area contributed by atoms with Crippen LogP contribution in [-0.2, 0) is 14.4 Å². The van der Waals surface area contributed by atoms with Gasteiger partial charge in [0.2, 0.25) is 12.7 Å². The van der Waals surface area contributed by atoms with Crippen LogP contribution in [0.4, 0.5) is 10.5 Å². The zero-order chi connectivity index (χ0) is 22.9. The lowest BCUT2D eigenvalue weighted by Crippen LogP contribution is -2.52. The molecule has 2 fully saturated rings. The molecule has 172 valence electrons. The number of carbonyl (C=O) groups is 4. The Balaban J connectivity index is 1.23. The Kier molecular flexibility index (Phi) is 5.92. The van der Waals surface area contributed by atoms with E-state index in [1.54, 1.807) is 32.0 Å². The molecular weight excluding hydrogens is 418 g/mol. The second-order valence-corrected chi connectivity index (χ2v) is 8.40. The molecule has 3 heterocycles. The SMILES string of the molecule is CC[C@]1(C)NC(=O)N(NC(=O)CN2CCC(C(=O)Nc3ccc4c(c3)OCO4)CC2)C1=O. The summed E-state index contributed by atoms with van der Waals surface area (Å²) in [6.45, 7) is 4.73. The number of rotatable bonds is 6. The third-order valence-corrected chi connectivity index (χ3v) is 6.17. The normalized spacial score (nSPS) is 23.2. The molecule has 0 aliphatic carbocycles. The van der Waals surface area contributed by atoms with E-state index in [1.807, 2.05) is 4.90 Å².